The van der Waals surface area contributed by atoms with E-state index in [9.17, 15) is 4.79 Å². The highest BCUT2D eigenvalue weighted by atomic mass is 16.2. The van der Waals surface area contributed by atoms with E-state index in [2.05, 4.69) is 65.5 Å². The summed E-state index contributed by atoms with van der Waals surface area (Å²) in [5.41, 5.74) is 7.87. The molecule has 3 aromatic heterocycles. The van der Waals surface area contributed by atoms with Gasteiger partial charge in [-0.15, -0.1) is 0 Å². The van der Waals surface area contributed by atoms with Crippen LogP contribution in [0.2, 0.25) is 0 Å². The summed E-state index contributed by atoms with van der Waals surface area (Å²) < 4.78 is 2.19. The normalized spacial score (nSPS) is 15.3. The maximum Gasteiger partial charge on any atom is 0.227 e. The molecular weight excluding hydrogens is 386 g/mol. The molecule has 1 N–H and O–H groups in total. The molecule has 0 unspecified atom stereocenters. The molecule has 0 aliphatic carbocycles. The highest BCUT2D eigenvalue weighted by molar-refractivity contribution is 5.90. The van der Waals surface area contributed by atoms with Crippen LogP contribution in [0.5, 0.6) is 0 Å². The van der Waals surface area contributed by atoms with Crippen molar-refractivity contribution < 1.29 is 4.79 Å². The van der Waals surface area contributed by atoms with Gasteiger partial charge < -0.3 is 14.3 Å². The van der Waals surface area contributed by atoms with E-state index in [1.807, 2.05) is 17.0 Å². The molecule has 1 aromatic carbocycles. The molecule has 0 saturated carbocycles. The number of amides is 1. The number of piperazine rings is 1. The van der Waals surface area contributed by atoms with Crippen molar-refractivity contribution in [2.75, 3.05) is 26.2 Å². The number of H-pyrrole nitrogens is 1. The van der Waals surface area contributed by atoms with E-state index in [0.717, 1.165) is 66.2 Å². The van der Waals surface area contributed by atoms with Gasteiger partial charge in [0.15, 0.2) is 0 Å². The van der Waals surface area contributed by atoms with Gasteiger partial charge in [-0.3, -0.25) is 9.69 Å². The molecule has 1 fully saturated rings. The molecule has 1 saturated heterocycles. The van der Waals surface area contributed by atoms with E-state index in [1.54, 1.807) is 0 Å². The highest BCUT2D eigenvalue weighted by Gasteiger charge is 2.24. The van der Waals surface area contributed by atoms with Crippen LogP contribution in [0.4, 0.5) is 0 Å². The molecule has 0 atom stereocenters. The highest BCUT2D eigenvalue weighted by Crippen LogP contribution is 2.23. The van der Waals surface area contributed by atoms with Gasteiger partial charge in [0.05, 0.1) is 17.8 Å². The summed E-state index contributed by atoms with van der Waals surface area (Å²) in [6, 6.07) is 12.5. The first-order chi connectivity index (χ1) is 15.0. The Bertz CT molecular complexity index is 1260. The number of aromatic nitrogens is 3. The molecule has 1 aliphatic heterocycles. The van der Waals surface area contributed by atoms with Crippen molar-refractivity contribution >= 4 is 22.5 Å². The van der Waals surface area contributed by atoms with Crippen LogP contribution in [-0.4, -0.2) is 56.3 Å². The lowest BCUT2D eigenvalue weighted by Crippen LogP contribution is -2.48. The van der Waals surface area contributed by atoms with Crippen molar-refractivity contribution in [3.63, 3.8) is 0 Å². The Kier molecular flexibility index (Phi) is 5.02. The maximum atomic E-state index is 13.0. The molecule has 4 aromatic rings. The summed E-state index contributed by atoms with van der Waals surface area (Å²) in [4.78, 5) is 25.6. The van der Waals surface area contributed by atoms with Crippen LogP contribution in [0.25, 0.3) is 16.6 Å². The minimum absolute atomic E-state index is 0.217. The fourth-order valence-electron chi connectivity index (χ4n) is 4.70. The summed E-state index contributed by atoms with van der Waals surface area (Å²) in [6.07, 6.45) is 2.57. The van der Waals surface area contributed by atoms with Gasteiger partial charge in [-0.2, -0.15) is 0 Å². The molecule has 1 amide bonds. The van der Waals surface area contributed by atoms with Crippen LogP contribution in [0.1, 0.15) is 28.2 Å². The van der Waals surface area contributed by atoms with Crippen molar-refractivity contribution in [2.24, 2.45) is 0 Å². The van der Waals surface area contributed by atoms with Crippen molar-refractivity contribution in [2.45, 2.75) is 33.7 Å². The quantitative estimate of drug-likeness (QED) is 0.554. The zero-order chi connectivity index (χ0) is 21.5. The van der Waals surface area contributed by atoms with E-state index < -0.39 is 0 Å². The molecule has 4 heterocycles. The van der Waals surface area contributed by atoms with E-state index in [-0.39, 0.29) is 5.91 Å². The molecular formula is C25H29N5O. The summed E-state index contributed by atoms with van der Waals surface area (Å²) in [6.45, 7) is 10.4. The lowest BCUT2D eigenvalue weighted by atomic mass is 10.1. The predicted octanol–water partition coefficient (Wildman–Crippen LogP) is 3.63. The number of hydrogen-bond donors (Lipinski definition) is 1. The van der Waals surface area contributed by atoms with Gasteiger partial charge in [0, 0.05) is 55.5 Å². The summed E-state index contributed by atoms with van der Waals surface area (Å²) >= 11 is 0. The van der Waals surface area contributed by atoms with E-state index >= 15 is 0 Å². The van der Waals surface area contributed by atoms with Gasteiger partial charge in [-0.05, 0) is 50.1 Å². The molecule has 31 heavy (non-hydrogen) atoms. The molecule has 0 bridgehead atoms. The number of hydrogen-bond acceptors (Lipinski definition) is 3. The standard InChI is InChI=1S/C25H29N5O/c1-17-8-9-30-23(19(3)27-24(30)14-17)16-28-10-12-29(13-11-28)25(31)15-21-18(2)26-22-7-5-4-6-20(21)22/h4-9,14,26H,10-13,15-16H2,1-3H3. The number of carbonyl (C=O) groups is 1. The minimum atomic E-state index is 0.217. The average molecular weight is 416 g/mol. The van der Waals surface area contributed by atoms with E-state index in [0.29, 0.717) is 6.42 Å². The number of benzene rings is 1. The number of para-hydroxylation sites is 1. The first-order valence-corrected chi connectivity index (χ1v) is 11.0. The first kappa shape index (κ1) is 19.8. The van der Waals surface area contributed by atoms with Crippen LogP contribution in [0.3, 0.4) is 0 Å². The van der Waals surface area contributed by atoms with Crippen molar-refractivity contribution in [3.8, 4) is 0 Å². The van der Waals surface area contributed by atoms with Gasteiger partial charge in [-0.1, -0.05) is 18.2 Å². The lowest BCUT2D eigenvalue weighted by Gasteiger charge is -2.34. The maximum absolute atomic E-state index is 13.0. The molecule has 160 valence electrons. The molecule has 0 radical (unpaired) electrons. The van der Waals surface area contributed by atoms with Gasteiger partial charge >= 0.3 is 0 Å². The second-order valence-corrected chi connectivity index (χ2v) is 8.68. The Labute approximate surface area is 182 Å². The Morgan fingerprint density at radius 3 is 2.65 bits per heavy atom. The van der Waals surface area contributed by atoms with Gasteiger partial charge in [0.2, 0.25) is 5.91 Å². The molecule has 1 aliphatic rings. The SMILES string of the molecule is Cc1ccn2c(CN3CCN(C(=O)Cc4c(C)[nH]c5ccccc45)CC3)c(C)nc2c1. The second-order valence-electron chi connectivity index (χ2n) is 8.68. The number of fused-ring (bicyclic) bond motifs is 2. The van der Waals surface area contributed by atoms with Crippen LogP contribution in [0, 0.1) is 20.8 Å². The van der Waals surface area contributed by atoms with Crippen LogP contribution >= 0.6 is 0 Å². The van der Waals surface area contributed by atoms with Crippen LogP contribution in [0.15, 0.2) is 42.6 Å². The minimum Gasteiger partial charge on any atom is -0.358 e. The fourth-order valence-corrected chi connectivity index (χ4v) is 4.70. The van der Waals surface area contributed by atoms with Gasteiger partial charge in [0.1, 0.15) is 5.65 Å². The van der Waals surface area contributed by atoms with Crippen molar-refractivity contribution in [1.82, 2.24) is 24.2 Å². The smallest absolute Gasteiger partial charge is 0.227 e. The summed E-state index contributed by atoms with van der Waals surface area (Å²) in [7, 11) is 0. The topological polar surface area (TPSA) is 56.6 Å². The van der Waals surface area contributed by atoms with Crippen molar-refractivity contribution in [1.29, 1.82) is 0 Å². The number of pyridine rings is 1. The Morgan fingerprint density at radius 1 is 1.06 bits per heavy atom. The summed E-state index contributed by atoms with van der Waals surface area (Å²) in [5.74, 6) is 0.217. The third-order valence-corrected chi connectivity index (χ3v) is 6.53. The summed E-state index contributed by atoms with van der Waals surface area (Å²) in [5, 5.41) is 1.16. The number of carbonyl (C=O) groups excluding carboxylic acids is 1. The zero-order valence-electron chi connectivity index (χ0n) is 18.5. The monoisotopic (exact) mass is 415 g/mol. The lowest BCUT2D eigenvalue weighted by molar-refractivity contribution is -0.132. The Hall–Kier alpha value is -3.12. The molecule has 6 heteroatoms. The number of aryl methyl sites for hydroxylation is 3. The third-order valence-electron chi connectivity index (χ3n) is 6.53. The second kappa shape index (κ2) is 7.85. The van der Waals surface area contributed by atoms with E-state index in [1.165, 1.54) is 11.3 Å². The van der Waals surface area contributed by atoms with Gasteiger partial charge in [0.25, 0.3) is 0 Å². The number of nitrogens with zero attached hydrogens (tertiary/aromatic N) is 4. The van der Waals surface area contributed by atoms with E-state index in [4.69, 9.17) is 4.98 Å². The molecule has 6 nitrogen and oxygen atoms in total. The molecule has 5 rings (SSSR count). The zero-order valence-corrected chi connectivity index (χ0v) is 18.5. The number of rotatable bonds is 4. The third kappa shape index (κ3) is 3.72. The average Bonchev–Trinajstić information content (AvgIpc) is 3.24. The molecule has 0 spiro atoms. The number of nitrogens with one attached hydrogen (secondary N) is 1. The number of imidazole rings is 1. The van der Waals surface area contributed by atoms with Crippen LogP contribution in [-0.2, 0) is 17.8 Å². The van der Waals surface area contributed by atoms with Gasteiger partial charge in [-0.25, -0.2) is 4.98 Å². The number of aromatic amines is 1. The largest absolute Gasteiger partial charge is 0.358 e. The van der Waals surface area contributed by atoms with Crippen LogP contribution < -0.4 is 0 Å². The Morgan fingerprint density at radius 2 is 1.84 bits per heavy atom. The van der Waals surface area contributed by atoms with Crippen molar-refractivity contribution in [3.05, 3.63) is 70.8 Å². The first-order valence-electron chi connectivity index (χ1n) is 11.0. The Balaban J connectivity index is 1.24. The fraction of sp³-hybridized carbons (Fsp3) is 0.360. The predicted molar refractivity (Wildman–Crippen MR) is 123 cm³/mol.